The Morgan fingerprint density at radius 2 is 1.82 bits per heavy atom. The lowest BCUT2D eigenvalue weighted by atomic mass is 9.91. The molecule has 2 N–H and O–H groups in total. The number of thioether (sulfide) groups is 1. The van der Waals surface area contributed by atoms with Crippen molar-refractivity contribution in [1.82, 2.24) is 0 Å². The highest BCUT2D eigenvalue weighted by Crippen LogP contribution is 2.27. The molecule has 5 nitrogen and oxygen atoms in total. The fourth-order valence-corrected chi connectivity index (χ4v) is 2.34. The van der Waals surface area contributed by atoms with E-state index in [0.717, 1.165) is 0 Å². The van der Waals surface area contributed by atoms with Gasteiger partial charge in [-0.3, -0.25) is 9.59 Å². The van der Waals surface area contributed by atoms with Crippen LogP contribution in [0.4, 0.5) is 0 Å². The second-order valence-electron chi connectivity index (χ2n) is 5.91. The van der Waals surface area contributed by atoms with Gasteiger partial charge in [0.25, 0.3) is 0 Å². The Balaban J connectivity index is 2.82. The third-order valence-electron chi connectivity index (χ3n) is 2.98. The Morgan fingerprint density at radius 1 is 1.23 bits per heavy atom. The highest BCUT2D eigenvalue weighted by Gasteiger charge is 2.24. The van der Waals surface area contributed by atoms with Gasteiger partial charge in [0.2, 0.25) is 5.91 Å². The first kappa shape index (κ1) is 18.2. The largest absolute Gasteiger partial charge is 0.454 e. The topological polar surface area (TPSA) is 86.5 Å². The molecule has 0 saturated heterocycles. The molecule has 0 aromatic heterocycles. The molecule has 0 aliphatic carbocycles. The number of amides is 1. The highest BCUT2D eigenvalue weighted by atomic mass is 32.2. The van der Waals surface area contributed by atoms with Gasteiger partial charge >= 0.3 is 5.97 Å². The van der Waals surface area contributed by atoms with Gasteiger partial charge in [-0.15, -0.1) is 11.8 Å². The van der Waals surface area contributed by atoms with Crippen LogP contribution in [-0.4, -0.2) is 29.5 Å². The van der Waals surface area contributed by atoms with Crippen LogP contribution in [-0.2, 0) is 14.3 Å². The van der Waals surface area contributed by atoms with E-state index in [2.05, 4.69) is 0 Å². The predicted molar refractivity (Wildman–Crippen MR) is 85.7 cm³/mol. The van der Waals surface area contributed by atoms with E-state index in [-0.39, 0.29) is 12.4 Å². The van der Waals surface area contributed by atoms with Crippen molar-refractivity contribution in [3.05, 3.63) is 29.8 Å². The standard InChI is InChI=1S/C16H21NO4S/c1-10(14(17)19)22-12-8-6-5-7-11(12)15(20)21-9-13(18)16(2,3)4/h5-8,10H,9H2,1-4H3,(H2,17,19)/t10-/m0/s1. The monoisotopic (exact) mass is 323 g/mol. The third-order valence-corrected chi connectivity index (χ3v) is 4.18. The average molecular weight is 323 g/mol. The van der Waals surface area contributed by atoms with Crippen molar-refractivity contribution >= 4 is 29.4 Å². The molecule has 0 fully saturated rings. The molecule has 0 saturated carbocycles. The summed E-state index contributed by atoms with van der Waals surface area (Å²) >= 11 is 1.19. The van der Waals surface area contributed by atoms with Gasteiger partial charge in [0.05, 0.1) is 10.8 Å². The molecule has 22 heavy (non-hydrogen) atoms. The number of carbonyl (C=O) groups excluding carboxylic acids is 3. The SMILES string of the molecule is C[C@H](Sc1ccccc1C(=O)OCC(=O)C(C)(C)C)C(N)=O. The van der Waals surface area contributed by atoms with E-state index in [1.54, 1.807) is 52.0 Å². The summed E-state index contributed by atoms with van der Waals surface area (Å²) < 4.78 is 5.08. The molecule has 120 valence electrons. The van der Waals surface area contributed by atoms with Gasteiger partial charge in [-0.2, -0.15) is 0 Å². The minimum Gasteiger partial charge on any atom is -0.454 e. The van der Waals surface area contributed by atoms with Gasteiger partial charge in [-0.05, 0) is 19.1 Å². The van der Waals surface area contributed by atoms with Crippen molar-refractivity contribution in [1.29, 1.82) is 0 Å². The fourth-order valence-electron chi connectivity index (χ4n) is 1.41. The van der Waals surface area contributed by atoms with E-state index in [4.69, 9.17) is 10.5 Å². The van der Waals surface area contributed by atoms with Crippen LogP contribution in [0.2, 0.25) is 0 Å². The van der Waals surface area contributed by atoms with Crippen molar-refractivity contribution in [3.63, 3.8) is 0 Å². The molecule has 1 atom stereocenters. The summed E-state index contributed by atoms with van der Waals surface area (Å²) in [7, 11) is 0. The number of hydrogen-bond donors (Lipinski definition) is 1. The lowest BCUT2D eigenvalue weighted by Gasteiger charge is -2.17. The van der Waals surface area contributed by atoms with E-state index >= 15 is 0 Å². The van der Waals surface area contributed by atoms with Crippen LogP contribution < -0.4 is 5.73 Å². The summed E-state index contributed by atoms with van der Waals surface area (Å²) in [5, 5.41) is -0.467. The second kappa shape index (κ2) is 7.45. The lowest BCUT2D eigenvalue weighted by molar-refractivity contribution is -0.129. The van der Waals surface area contributed by atoms with Crippen LogP contribution in [0.3, 0.4) is 0 Å². The first-order valence-corrected chi connectivity index (χ1v) is 7.76. The van der Waals surface area contributed by atoms with Crippen LogP contribution in [0.1, 0.15) is 38.1 Å². The van der Waals surface area contributed by atoms with Crippen molar-refractivity contribution in [3.8, 4) is 0 Å². The quantitative estimate of drug-likeness (QED) is 0.642. The summed E-state index contributed by atoms with van der Waals surface area (Å²) in [5.74, 6) is -1.20. The molecular weight excluding hydrogens is 302 g/mol. The summed E-state index contributed by atoms with van der Waals surface area (Å²) in [6.45, 7) is 6.69. The maximum atomic E-state index is 12.1. The molecule has 1 rings (SSSR count). The number of nitrogens with two attached hydrogens (primary N) is 1. The first-order chi connectivity index (χ1) is 10.1. The number of ether oxygens (including phenoxy) is 1. The summed E-state index contributed by atoms with van der Waals surface area (Å²) in [5.41, 5.74) is 5.00. The van der Waals surface area contributed by atoms with E-state index in [9.17, 15) is 14.4 Å². The van der Waals surface area contributed by atoms with Crippen LogP contribution in [0.15, 0.2) is 29.2 Å². The zero-order valence-electron chi connectivity index (χ0n) is 13.2. The van der Waals surface area contributed by atoms with Gasteiger partial charge in [0.1, 0.15) is 0 Å². The Morgan fingerprint density at radius 3 is 2.36 bits per heavy atom. The van der Waals surface area contributed by atoms with Crippen LogP contribution in [0, 0.1) is 5.41 Å². The predicted octanol–water partition coefficient (Wildman–Crippen LogP) is 2.42. The molecular formula is C16H21NO4S. The number of primary amides is 1. The van der Waals surface area contributed by atoms with Gasteiger partial charge in [-0.1, -0.05) is 32.9 Å². The molecule has 0 unspecified atom stereocenters. The van der Waals surface area contributed by atoms with Crippen LogP contribution in [0.25, 0.3) is 0 Å². The number of esters is 1. The zero-order chi connectivity index (χ0) is 16.9. The Bertz CT molecular complexity index is 578. The Labute approximate surface area is 134 Å². The Kier molecular flexibility index (Phi) is 6.17. The molecule has 1 amide bonds. The van der Waals surface area contributed by atoms with Gasteiger partial charge < -0.3 is 10.5 Å². The zero-order valence-corrected chi connectivity index (χ0v) is 14.0. The lowest BCUT2D eigenvalue weighted by Crippen LogP contribution is -2.26. The smallest absolute Gasteiger partial charge is 0.339 e. The molecule has 0 spiro atoms. The number of hydrogen-bond acceptors (Lipinski definition) is 5. The summed E-state index contributed by atoms with van der Waals surface area (Å²) in [6.07, 6.45) is 0. The van der Waals surface area contributed by atoms with E-state index in [1.807, 2.05) is 0 Å². The molecule has 0 heterocycles. The van der Waals surface area contributed by atoms with Gasteiger partial charge in [0.15, 0.2) is 12.4 Å². The van der Waals surface area contributed by atoms with Crippen molar-refractivity contribution in [2.45, 2.75) is 37.8 Å². The molecule has 0 bridgehead atoms. The molecule has 6 heteroatoms. The maximum absolute atomic E-state index is 12.1. The second-order valence-corrected chi connectivity index (χ2v) is 7.29. The van der Waals surface area contributed by atoms with E-state index < -0.39 is 22.5 Å². The van der Waals surface area contributed by atoms with Crippen LogP contribution in [0.5, 0.6) is 0 Å². The number of rotatable bonds is 6. The van der Waals surface area contributed by atoms with Crippen molar-refractivity contribution < 1.29 is 19.1 Å². The fraction of sp³-hybridized carbons (Fsp3) is 0.438. The Hall–Kier alpha value is -1.82. The number of carbonyl (C=O) groups is 3. The minimum atomic E-state index is -0.586. The van der Waals surface area contributed by atoms with Crippen LogP contribution >= 0.6 is 11.8 Å². The summed E-state index contributed by atoms with van der Waals surface area (Å²) in [4.78, 5) is 35.7. The molecule has 0 radical (unpaired) electrons. The number of benzene rings is 1. The normalized spacial score (nSPS) is 12.5. The first-order valence-electron chi connectivity index (χ1n) is 6.88. The van der Waals surface area contributed by atoms with E-state index in [1.165, 1.54) is 11.8 Å². The molecule has 0 aliphatic heterocycles. The molecule has 1 aromatic rings. The molecule has 1 aromatic carbocycles. The average Bonchev–Trinajstić information content (AvgIpc) is 2.43. The molecule has 0 aliphatic rings. The number of Topliss-reactive ketones (excluding diaryl/α,β-unsaturated/α-hetero) is 1. The minimum absolute atomic E-state index is 0.156. The number of ketones is 1. The third kappa shape index (κ3) is 5.18. The van der Waals surface area contributed by atoms with E-state index in [0.29, 0.717) is 10.5 Å². The van der Waals surface area contributed by atoms with Gasteiger partial charge in [-0.25, -0.2) is 4.79 Å². The maximum Gasteiger partial charge on any atom is 0.339 e. The van der Waals surface area contributed by atoms with Crippen molar-refractivity contribution in [2.75, 3.05) is 6.61 Å². The highest BCUT2D eigenvalue weighted by molar-refractivity contribution is 8.00. The summed E-state index contributed by atoms with van der Waals surface area (Å²) in [6, 6.07) is 6.76. The van der Waals surface area contributed by atoms with Gasteiger partial charge in [0, 0.05) is 10.3 Å². The van der Waals surface area contributed by atoms with Crippen molar-refractivity contribution in [2.24, 2.45) is 11.1 Å².